The molecule has 1 aromatic rings. The summed E-state index contributed by atoms with van der Waals surface area (Å²) in [5, 5.41) is 2.74. The maximum atomic E-state index is 11.3. The molecule has 1 aliphatic heterocycles. The van der Waals surface area contributed by atoms with E-state index in [0.717, 1.165) is 11.3 Å². The monoisotopic (exact) mass is 223 g/mol. The van der Waals surface area contributed by atoms with Gasteiger partial charge >= 0.3 is 0 Å². The van der Waals surface area contributed by atoms with Gasteiger partial charge in [-0.05, 0) is 0 Å². The molecule has 1 heterocycles. The fourth-order valence-electron chi connectivity index (χ4n) is 1.86. The fourth-order valence-corrected chi connectivity index (χ4v) is 1.86. The van der Waals surface area contributed by atoms with Gasteiger partial charge in [-0.2, -0.15) is 0 Å². The minimum Gasteiger partial charge on any atom is -0.493 e. The van der Waals surface area contributed by atoms with Crippen molar-refractivity contribution in [2.24, 2.45) is 0 Å². The average molecular weight is 223 g/mol. The number of rotatable bonds is 3. The number of methoxy groups -OCH3 is 3. The predicted octanol–water partition coefficient (Wildman–Crippen LogP) is 1.21. The van der Waals surface area contributed by atoms with Crippen LogP contribution in [0.2, 0.25) is 0 Å². The Kier molecular flexibility index (Phi) is 2.60. The molecule has 1 N–H and O–H groups in total. The van der Waals surface area contributed by atoms with E-state index in [1.54, 1.807) is 20.3 Å². The number of amides is 1. The van der Waals surface area contributed by atoms with Gasteiger partial charge in [0.2, 0.25) is 11.7 Å². The van der Waals surface area contributed by atoms with Crippen LogP contribution in [-0.4, -0.2) is 27.2 Å². The van der Waals surface area contributed by atoms with Crippen LogP contribution in [0.5, 0.6) is 17.2 Å². The lowest BCUT2D eigenvalue weighted by atomic mass is 10.1. The average Bonchev–Trinajstić information content (AvgIpc) is 2.66. The summed E-state index contributed by atoms with van der Waals surface area (Å²) in [6.45, 7) is 0. The standard InChI is InChI=1S/C11H13NO4/c1-14-8-5-7-6(4-9(13)12-7)10(15-2)11(8)16-3/h5H,4H2,1-3H3,(H,12,13). The molecule has 5 heteroatoms. The zero-order chi connectivity index (χ0) is 11.7. The maximum Gasteiger partial charge on any atom is 0.229 e. The Morgan fingerprint density at radius 2 is 1.81 bits per heavy atom. The highest BCUT2D eigenvalue weighted by Crippen LogP contribution is 2.45. The van der Waals surface area contributed by atoms with Gasteiger partial charge in [-0.25, -0.2) is 0 Å². The number of hydrogen-bond donors (Lipinski definition) is 1. The molecule has 0 aliphatic carbocycles. The van der Waals surface area contributed by atoms with Crippen molar-refractivity contribution in [3.8, 4) is 17.2 Å². The van der Waals surface area contributed by atoms with Crippen molar-refractivity contribution in [1.29, 1.82) is 0 Å². The summed E-state index contributed by atoms with van der Waals surface area (Å²) in [6.07, 6.45) is 0.304. The Hall–Kier alpha value is -1.91. The largest absolute Gasteiger partial charge is 0.493 e. The molecule has 0 atom stereocenters. The second-order valence-corrected chi connectivity index (χ2v) is 3.40. The summed E-state index contributed by atoms with van der Waals surface area (Å²) < 4.78 is 15.7. The number of carbonyl (C=O) groups is 1. The Bertz CT molecular complexity index is 442. The molecule has 0 unspecified atom stereocenters. The van der Waals surface area contributed by atoms with Gasteiger partial charge < -0.3 is 19.5 Å². The first kappa shape index (κ1) is 10.6. The second-order valence-electron chi connectivity index (χ2n) is 3.40. The Balaban J connectivity index is 2.63. The highest BCUT2D eigenvalue weighted by atomic mass is 16.5. The summed E-state index contributed by atoms with van der Waals surface area (Å²) in [6, 6.07) is 1.74. The zero-order valence-corrected chi connectivity index (χ0v) is 9.42. The van der Waals surface area contributed by atoms with E-state index in [-0.39, 0.29) is 5.91 Å². The van der Waals surface area contributed by atoms with Crippen molar-refractivity contribution in [3.63, 3.8) is 0 Å². The Labute approximate surface area is 93.3 Å². The summed E-state index contributed by atoms with van der Waals surface area (Å²) >= 11 is 0. The highest BCUT2D eigenvalue weighted by Gasteiger charge is 2.27. The van der Waals surface area contributed by atoms with Crippen LogP contribution in [0, 0.1) is 0 Å². The molecule has 5 nitrogen and oxygen atoms in total. The molecule has 1 aromatic carbocycles. The molecule has 16 heavy (non-hydrogen) atoms. The Morgan fingerprint density at radius 1 is 1.12 bits per heavy atom. The van der Waals surface area contributed by atoms with Crippen molar-refractivity contribution in [3.05, 3.63) is 11.6 Å². The second kappa shape index (κ2) is 3.92. The lowest BCUT2D eigenvalue weighted by molar-refractivity contribution is -0.115. The number of nitrogens with one attached hydrogen (secondary N) is 1. The molecule has 0 fully saturated rings. The number of fused-ring (bicyclic) bond motifs is 1. The van der Waals surface area contributed by atoms with Gasteiger partial charge in [-0.1, -0.05) is 0 Å². The van der Waals surface area contributed by atoms with Crippen molar-refractivity contribution >= 4 is 11.6 Å². The van der Waals surface area contributed by atoms with Crippen LogP contribution in [0.3, 0.4) is 0 Å². The lowest BCUT2D eigenvalue weighted by Crippen LogP contribution is -2.03. The van der Waals surface area contributed by atoms with Crippen LogP contribution in [0.25, 0.3) is 0 Å². The van der Waals surface area contributed by atoms with Crippen LogP contribution in [0.15, 0.2) is 6.07 Å². The first-order valence-corrected chi connectivity index (χ1v) is 4.83. The van der Waals surface area contributed by atoms with Gasteiger partial charge in [-0.3, -0.25) is 4.79 Å². The van der Waals surface area contributed by atoms with E-state index in [1.165, 1.54) is 7.11 Å². The zero-order valence-electron chi connectivity index (χ0n) is 9.42. The van der Waals surface area contributed by atoms with Gasteiger partial charge in [0.1, 0.15) is 0 Å². The smallest absolute Gasteiger partial charge is 0.229 e. The minimum absolute atomic E-state index is 0.0522. The van der Waals surface area contributed by atoms with Crippen molar-refractivity contribution < 1.29 is 19.0 Å². The molecule has 0 saturated carbocycles. The normalized spacial score (nSPS) is 13.1. The van der Waals surface area contributed by atoms with Gasteiger partial charge in [0.25, 0.3) is 0 Å². The third-order valence-electron chi connectivity index (χ3n) is 2.54. The number of hydrogen-bond acceptors (Lipinski definition) is 4. The van der Waals surface area contributed by atoms with Gasteiger partial charge in [0.15, 0.2) is 11.5 Å². The predicted molar refractivity (Wildman–Crippen MR) is 58.4 cm³/mol. The van der Waals surface area contributed by atoms with E-state index in [2.05, 4.69) is 5.32 Å². The summed E-state index contributed by atoms with van der Waals surface area (Å²) in [7, 11) is 4.62. The highest BCUT2D eigenvalue weighted by molar-refractivity contribution is 6.01. The first-order valence-electron chi connectivity index (χ1n) is 4.83. The molecule has 2 rings (SSSR count). The Morgan fingerprint density at radius 3 is 2.38 bits per heavy atom. The van der Waals surface area contributed by atoms with E-state index in [0.29, 0.717) is 23.7 Å². The molecular weight excluding hydrogens is 210 g/mol. The van der Waals surface area contributed by atoms with Gasteiger partial charge in [0, 0.05) is 11.6 Å². The van der Waals surface area contributed by atoms with E-state index >= 15 is 0 Å². The number of benzene rings is 1. The van der Waals surface area contributed by atoms with Crippen LogP contribution in [-0.2, 0) is 11.2 Å². The quantitative estimate of drug-likeness (QED) is 0.836. The molecule has 0 radical (unpaired) electrons. The molecule has 86 valence electrons. The van der Waals surface area contributed by atoms with Crippen molar-refractivity contribution in [2.75, 3.05) is 26.6 Å². The number of carbonyl (C=O) groups excluding carboxylic acids is 1. The lowest BCUT2D eigenvalue weighted by Gasteiger charge is -2.14. The summed E-state index contributed by atoms with van der Waals surface area (Å²) in [5.41, 5.74) is 1.53. The number of anilines is 1. The van der Waals surface area contributed by atoms with Crippen molar-refractivity contribution in [1.82, 2.24) is 0 Å². The van der Waals surface area contributed by atoms with Gasteiger partial charge in [0.05, 0.1) is 33.4 Å². The molecule has 1 amide bonds. The molecule has 0 aromatic heterocycles. The first-order chi connectivity index (χ1) is 7.71. The number of ether oxygens (including phenoxy) is 3. The minimum atomic E-state index is -0.0522. The third kappa shape index (κ3) is 1.44. The molecule has 0 saturated heterocycles. The maximum absolute atomic E-state index is 11.3. The molecule has 1 aliphatic rings. The molecular formula is C11H13NO4. The van der Waals surface area contributed by atoms with Crippen LogP contribution < -0.4 is 19.5 Å². The van der Waals surface area contributed by atoms with E-state index in [1.807, 2.05) is 0 Å². The summed E-state index contributed by atoms with van der Waals surface area (Å²) in [5.74, 6) is 1.55. The van der Waals surface area contributed by atoms with E-state index in [9.17, 15) is 4.79 Å². The van der Waals surface area contributed by atoms with E-state index in [4.69, 9.17) is 14.2 Å². The van der Waals surface area contributed by atoms with Crippen LogP contribution >= 0.6 is 0 Å². The fraction of sp³-hybridized carbons (Fsp3) is 0.364. The third-order valence-corrected chi connectivity index (χ3v) is 2.54. The van der Waals surface area contributed by atoms with Crippen LogP contribution in [0.1, 0.15) is 5.56 Å². The van der Waals surface area contributed by atoms with Crippen LogP contribution in [0.4, 0.5) is 5.69 Å². The topological polar surface area (TPSA) is 56.8 Å². The summed E-state index contributed by atoms with van der Waals surface area (Å²) in [4.78, 5) is 11.3. The van der Waals surface area contributed by atoms with E-state index < -0.39 is 0 Å². The molecule has 0 spiro atoms. The van der Waals surface area contributed by atoms with Gasteiger partial charge in [-0.15, -0.1) is 0 Å². The van der Waals surface area contributed by atoms with Crippen molar-refractivity contribution in [2.45, 2.75) is 6.42 Å². The molecule has 0 bridgehead atoms. The SMILES string of the molecule is COc1cc2c(c(OC)c1OC)CC(=O)N2.